The molecule has 3 aromatic rings. The summed E-state index contributed by atoms with van der Waals surface area (Å²) < 4.78 is 0. The number of anilines is 2. The molecule has 1 aromatic carbocycles. The summed E-state index contributed by atoms with van der Waals surface area (Å²) in [6, 6.07) is 8.34. The topological polar surface area (TPSA) is 104 Å². The molecule has 2 amide bonds. The molecule has 9 heteroatoms. The number of H-pyrrole nitrogens is 1. The molecule has 0 saturated heterocycles. The molecular weight excluding hydrogens is 400 g/mol. The van der Waals surface area contributed by atoms with E-state index >= 15 is 0 Å². The second kappa shape index (κ2) is 8.81. The monoisotopic (exact) mass is 416 g/mol. The summed E-state index contributed by atoms with van der Waals surface area (Å²) in [4.78, 5) is 42.7. The number of nitrogens with zero attached hydrogens (tertiary/aromatic N) is 1. The first kappa shape index (κ1) is 19.8. The third-order valence-corrected chi connectivity index (χ3v) is 5.20. The standard InChI is InChI=1S/C19H17ClN4O3S/c1-11-14(20)5-2-6-15(11)23-16(25)8-7-12-10-28-19(22-12)24-18(27)13-4-3-9-21-17(13)26/h2-6,9-10H,7-8H2,1H3,(H,21,26)(H,23,25)(H,22,24,27). The third-order valence-electron chi connectivity index (χ3n) is 3.98. The number of benzene rings is 1. The maximum Gasteiger partial charge on any atom is 0.263 e. The zero-order chi connectivity index (χ0) is 20.1. The van der Waals surface area contributed by atoms with E-state index in [0.717, 1.165) is 5.56 Å². The first-order valence-corrected chi connectivity index (χ1v) is 9.68. The van der Waals surface area contributed by atoms with Gasteiger partial charge >= 0.3 is 0 Å². The van der Waals surface area contributed by atoms with Crippen LogP contribution in [0.2, 0.25) is 5.02 Å². The van der Waals surface area contributed by atoms with E-state index in [2.05, 4.69) is 20.6 Å². The Morgan fingerprint density at radius 1 is 1.21 bits per heavy atom. The van der Waals surface area contributed by atoms with Gasteiger partial charge in [0.1, 0.15) is 5.56 Å². The summed E-state index contributed by atoms with van der Waals surface area (Å²) in [6.07, 6.45) is 2.11. The van der Waals surface area contributed by atoms with Crippen LogP contribution in [0.1, 0.15) is 28.0 Å². The van der Waals surface area contributed by atoms with Crippen molar-refractivity contribution >= 4 is 45.6 Å². The Hall–Kier alpha value is -2.97. The Morgan fingerprint density at radius 2 is 2.04 bits per heavy atom. The first-order chi connectivity index (χ1) is 13.4. The molecule has 3 N–H and O–H groups in total. The second-order valence-electron chi connectivity index (χ2n) is 5.97. The van der Waals surface area contributed by atoms with E-state index in [-0.39, 0.29) is 17.9 Å². The SMILES string of the molecule is Cc1c(Cl)cccc1NC(=O)CCc1csc(NC(=O)c2ccc[nH]c2=O)n1. The number of hydrogen-bond acceptors (Lipinski definition) is 5. The lowest BCUT2D eigenvalue weighted by atomic mass is 10.2. The van der Waals surface area contributed by atoms with E-state index in [4.69, 9.17) is 11.6 Å². The number of aromatic amines is 1. The van der Waals surface area contributed by atoms with Crippen molar-refractivity contribution in [3.8, 4) is 0 Å². The van der Waals surface area contributed by atoms with Crippen molar-refractivity contribution in [1.29, 1.82) is 0 Å². The van der Waals surface area contributed by atoms with Crippen LogP contribution in [0.5, 0.6) is 0 Å². The van der Waals surface area contributed by atoms with Gasteiger partial charge in [-0.05, 0) is 43.2 Å². The molecule has 0 unspecified atom stereocenters. The zero-order valence-corrected chi connectivity index (χ0v) is 16.5. The minimum Gasteiger partial charge on any atom is -0.328 e. The van der Waals surface area contributed by atoms with Crippen molar-refractivity contribution in [3.63, 3.8) is 0 Å². The number of carbonyl (C=O) groups is 2. The molecule has 0 saturated carbocycles. The highest BCUT2D eigenvalue weighted by Gasteiger charge is 2.13. The maximum atomic E-state index is 12.2. The summed E-state index contributed by atoms with van der Waals surface area (Å²) in [5, 5.41) is 8.16. The largest absolute Gasteiger partial charge is 0.328 e. The van der Waals surface area contributed by atoms with Gasteiger partial charge < -0.3 is 10.3 Å². The molecule has 0 radical (unpaired) electrons. The summed E-state index contributed by atoms with van der Waals surface area (Å²) in [5.74, 6) is -0.684. The van der Waals surface area contributed by atoms with Crippen LogP contribution in [0, 0.1) is 6.92 Å². The molecule has 3 rings (SSSR count). The van der Waals surface area contributed by atoms with Gasteiger partial charge in [0.25, 0.3) is 11.5 Å². The molecule has 0 aliphatic rings. The van der Waals surface area contributed by atoms with E-state index in [1.165, 1.54) is 23.6 Å². The number of aromatic nitrogens is 2. The Balaban J connectivity index is 1.55. The van der Waals surface area contributed by atoms with Crippen LogP contribution in [0.15, 0.2) is 46.7 Å². The van der Waals surface area contributed by atoms with Crippen molar-refractivity contribution in [2.75, 3.05) is 10.6 Å². The molecule has 0 aliphatic carbocycles. The van der Waals surface area contributed by atoms with Gasteiger partial charge in [-0.25, -0.2) is 4.98 Å². The molecule has 0 bridgehead atoms. The minimum atomic E-state index is -0.531. The molecule has 7 nitrogen and oxygen atoms in total. The Labute approximate surface area is 169 Å². The van der Waals surface area contributed by atoms with Crippen molar-refractivity contribution < 1.29 is 9.59 Å². The zero-order valence-electron chi connectivity index (χ0n) is 14.9. The molecule has 0 fully saturated rings. The predicted molar refractivity (Wildman–Crippen MR) is 110 cm³/mol. The smallest absolute Gasteiger partial charge is 0.263 e. The molecular formula is C19H17ClN4O3S. The van der Waals surface area contributed by atoms with Crippen molar-refractivity contribution in [2.24, 2.45) is 0 Å². The van der Waals surface area contributed by atoms with E-state index in [1.807, 2.05) is 6.92 Å². The molecule has 0 spiro atoms. The molecule has 0 aliphatic heterocycles. The number of halogens is 1. The Bertz CT molecular complexity index is 1080. The maximum absolute atomic E-state index is 12.2. The summed E-state index contributed by atoms with van der Waals surface area (Å²) in [7, 11) is 0. The van der Waals surface area contributed by atoms with Gasteiger partial charge in [0.15, 0.2) is 5.13 Å². The lowest BCUT2D eigenvalue weighted by Gasteiger charge is -2.09. The number of hydrogen-bond donors (Lipinski definition) is 3. The minimum absolute atomic E-state index is 0.00974. The highest BCUT2D eigenvalue weighted by atomic mass is 35.5. The van der Waals surface area contributed by atoms with Crippen LogP contribution < -0.4 is 16.2 Å². The number of thiazole rings is 1. The van der Waals surface area contributed by atoms with Crippen LogP contribution in [-0.4, -0.2) is 21.8 Å². The van der Waals surface area contributed by atoms with Crippen LogP contribution in [0.4, 0.5) is 10.8 Å². The van der Waals surface area contributed by atoms with Crippen LogP contribution in [-0.2, 0) is 11.2 Å². The molecule has 0 atom stereocenters. The first-order valence-electron chi connectivity index (χ1n) is 8.42. The average Bonchev–Trinajstić information content (AvgIpc) is 3.11. The van der Waals surface area contributed by atoms with Gasteiger partial charge in [0, 0.05) is 28.7 Å². The lowest BCUT2D eigenvalue weighted by molar-refractivity contribution is -0.116. The lowest BCUT2D eigenvalue weighted by Crippen LogP contribution is -2.22. The molecule has 28 heavy (non-hydrogen) atoms. The number of carbonyl (C=O) groups excluding carboxylic acids is 2. The highest BCUT2D eigenvalue weighted by molar-refractivity contribution is 7.14. The number of aryl methyl sites for hydroxylation is 1. The summed E-state index contributed by atoms with van der Waals surface area (Å²) in [6.45, 7) is 1.84. The van der Waals surface area contributed by atoms with Crippen molar-refractivity contribution in [1.82, 2.24) is 9.97 Å². The van der Waals surface area contributed by atoms with Crippen LogP contribution in [0.3, 0.4) is 0 Å². The van der Waals surface area contributed by atoms with E-state index in [1.54, 1.807) is 29.6 Å². The second-order valence-corrected chi connectivity index (χ2v) is 7.24. The molecule has 2 aromatic heterocycles. The van der Waals surface area contributed by atoms with E-state index in [0.29, 0.717) is 28.0 Å². The molecule has 2 heterocycles. The van der Waals surface area contributed by atoms with Gasteiger partial charge in [0.05, 0.1) is 5.69 Å². The fourth-order valence-corrected chi connectivity index (χ4v) is 3.36. The number of pyridine rings is 1. The van der Waals surface area contributed by atoms with Gasteiger partial charge in [-0.2, -0.15) is 0 Å². The quantitative estimate of drug-likeness (QED) is 0.570. The van der Waals surface area contributed by atoms with Gasteiger partial charge in [0.2, 0.25) is 5.91 Å². The van der Waals surface area contributed by atoms with E-state index < -0.39 is 11.5 Å². The fraction of sp³-hybridized carbons (Fsp3) is 0.158. The summed E-state index contributed by atoms with van der Waals surface area (Å²) >= 11 is 7.29. The van der Waals surface area contributed by atoms with Gasteiger partial charge in [-0.15, -0.1) is 11.3 Å². The normalized spacial score (nSPS) is 10.5. The number of nitrogens with one attached hydrogen (secondary N) is 3. The van der Waals surface area contributed by atoms with Crippen LogP contribution in [0.25, 0.3) is 0 Å². The Kier molecular flexibility index (Phi) is 6.23. The van der Waals surface area contributed by atoms with E-state index in [9.17, 15) is 14.4 Å². The predicted octanol–water partition coefficient (Wildman–Crippen LogP) is 3.62. The van der Waals surface area contributed by atoms with Gasteiger partial charge in [-0.1, -0.05) is 17.7 Å². The highest BCUT2D eigenvalue weighted by Crippen LogP contribution is 2.23. The van der Waals surface area contributed by atoms with Gasteiger partial charge in [-0.3, -0.25) is 19.7 Å². The number of amides is 2. The number of rotatable bonds is 6. The van der Waals surface area contributed by atoms with Crippen molar-refractivity contribution in [3.05, 3.63) is 74.1 Å². The molecule has 144 valence electrons. The van der Waals surface area contributed by atoms with Crippen molar-refractivity contribution in [2.45, 2.75) is 19.8 Å². The average molecular weight is 417 g/mol. The summed E-state index contributed by atoms with van der Waals surface area (Å²) in [5.41, 5.74) is 1.71. The fourth-order valence-electron chi connectivity index (χ4n) is 2.44. The Morgan fingerprint density at radius 3 is 2.82 bits per heavy atom. The van der Waals surface area contributed by atoms with Crippen LogP contribution >= 0.6 is 22.9 Å². The third kappa shape index (κ3) is 4.85.